The summed E-state index contributed by atoms with van der Waals surface area (Å²) in [6.07, 6.45) is 0.701. The molecule has 5 nitrogen and oxygen atoms in total. The molecular formula is C17H19NO4S. The molecule has 0 aliphatic heterocycles. The molecule has 1 N–H and O–H groups in total. The van der Waals surface area contributed by atoms with Crippen molar-refractivity contribution in [3.8, 4) is 11.5 Å². The Hall–Kier alpha value is -2.34. The number of hydrogen-bond donors (Lipinski definition) is 1. The van der Waals surface area contributed by atoms with Crippen LogP contribution in [0, 0.1) is 0 Å². The largest absolute Gasteiger partial charge is 0.497 e. The van der Waals surface area contributed by atoms with Gasteiger partial charge in [0.05, 0.1) is 12.0 Å². The standard InChI is InChI=1S/C17H19NO4S/c1-12(19)16-8-7-15(23-16)9-10-18-17(20)11-22-14-5-3-13(21-2)4-6-14/h3-8H,9-11H2,1-2H3,(H,18,20). The summed E-state index contributed by atoms with van der Waals surface area (Å²) in [6.45, 7) is 2.03. The molecule has 0 atom stereocenters. The van der Waals surface area contributed by atoms with Crippen molar-refractivity contribution in [1.82, 2.24) is 5.32 Å². The van der Waals surface area contributed by atoms with Crippen molar-refractivity contribution in [2.75, 3.05) is 20.3 Å². The van der Waals surface area contributed by atoms with E-state index in [4.69, 9.17) is 9.47 Å². The first-order chi connectivity index (χ1) is 11.1. The van der Waals surface area contributed by atoms with Gasteiger partial charge in [0.15, 0.2) is 12.4 Å². The molecule has 0 fully saturated rings. The number of nitrogens with one attached hydrogen (secondary N) is 1. The van der Waals surface area contributed by atoms with E-state index in [0.717, 1.165) is 15.5 Å². The lowest BCUT2D eigenvalue weighted by Gasteiger charge is -2.07. The lowest BCUT2D eigenvalue weighted by molar-refractivity contribution is -0.123. The number of rotatable bonds is 8. The molecule has 0 unspecified atom stereocenters. The Kier molecular flexibility index (Phi) is 6.17. The third-order valence-electron chi connectivity index (χ3n) is 3.13. The van der Waals surface area contributed by atoms with E-state index >= 15 is 0 Å². The van der Waals surface area contributed by atoms with E-state index in [1.165, 1.54) is 11.3 Å². The lowest BCUT2D eigenvalue weighted by Crippen LogP contribution is -2.30. The van der Waals surface area contributed by atoms with Gasteiger partial charge in [-0.3, -0.25) is 9.59 Å². The molecule has 122 valence electrons. The first-order valence-corrected chi connectivity index (χ1v) is 8.03. The number of carbonyl (C=O) groups excluding carboxylic acids is 2. The zero-order valence-electron chi connectivity index (χ0n) is 13.1. The van der Waals surface area contributed by atoms with Crippen LogP contribution in [0.2, 0.25) is 0 Å². The molecule has 2 rings (SSSR count). The van der Waals surface area contributed by atoms with Crippen LogP contribution in [-0.2, 0) is 11.2 Å². The quantitative estimate of drug-likeness (QED) is 0.755. The molecule has 1 aromatic carbocycles. The second-order valence-corrected chi connectivity index (χ2v) is 6.05. The normalized spacial score (nSPS) is 10.2. The molecule has 1 amide bonds. The molecule has 0 saturated carbocycles. The Balaban J connectivity index is 1.69. The SMILES string of the molecule is COc1ccc(OCC(=O)NCCc2ccc(C(C)=O)s2)cc1. The highest BCUT2D eigenvalue weighted by Gasteiger charge is 2.06. The van der Waals surface area contributed by atoms with Gasteiger partial charge in [-0.05, 0) is 49.7 Å². The fourth-order valence-electron chi connectivity index (χ4n) is 1.90. The van der Waals surface area contributed by atoms with Crippen molar-refractivity contribution in [3.63, 3.8) is 0 Å². The van der Waals surface area contributed by atoms with Crippen molar-refractivity contribution in [1.29, 1.82) is 0 Å². The Morgan fingerprint density at radius 2 is 1.78 bits per heavy atom. The minimum Gasteiger partial charge on any atom is -0.497 e. The van der Waals surface area contributed by atoms with Gasteiger partial charge in [0, 0.05) is 11.4 Å². The zero-order chi connectivity index (χ0) is 16.7. The Bertz CT molecular complexity index is 663. The summed E-state index contributed by atoms with van der Waals surface area (Å²) >= 11 is 1.46. The van der Waals surface area contributed by atoms with Crippen molar-refractivity contribution in [2.45, 2.75) is 13.3 Å². The van der Waals surface area contributed by atoms with Crippen molar-refractivity contribution in [2.24, 2.45) is 0 Å². The lowest BCUT2D eigenvalue weighted by atomic mass is 10.3. The van der Waals surface area contributed by atoms with Crippen LogP contribution < -0.4 is 14.8 Å². The van der Waals surface area contributed by atoms with Gasteiger partial charge in [0.1, 0.15) is 11.5 Å². The summed E-state index contributed by atoms with van der Waals surface area (Å²) in [4.78, 5) is 24.8. The predicted octanol–water partition coefficient (Wildman–Crippen LogP) is 2.70. The first-order valence-electron chi connectivity index (χ1n) is 7.21. The number of ether oxygens (including phenoxy) is 2. The minimum atomic E-state index is -0.177. The third kappa shape index (κ3) is 5.41. The summed E-state index contributed by atoms with van der Waals surface area (Å²) in [7, 11) is 1.59. The fourth-order valence-corrected chi connectivity index (χ4v) is 2.80. The molecule has 1 aromatic heterocycles. The molecule has 2 aromatic rings. The minimum absolute atomic E-state index is 0.0323. The van der Waals surface area contributed by atoms with Gasteiger partial charge in [-0.1, -0.05) is 0 Å². The van der Waals surface area contributed by atoms with Crippen molar-refractivity contribution < 1.29 is 19.1 Å². The van der Waals surface area contributed by atoms with Gasteiger partial charge in [-0.15, -0.1) is 11.3 Å². The first kappa shape index (κ1) is 17.0. The van der Waals surface area contributed by atoms with E-state index in [9.17, 15) is 9.59 Å². The van der Waals surface area contributed by atoms with E-state index in [1.54, 1.807) is 38.3 Å². The smallest absolute Gasteiger partial charge is 0.257 e. The monoisotopic (exact) mass is 333 g/mol. The van der Waals surface area contributed by atoms with E-state index in [2.05, 4.69) is 5.32 Å². The molecule has 0 aliphatic carbocycles. The van der Waals surface area contributed by atoms with Gasteiger partial charge >= 0.3 is 0 Å². The maximum Gasteiger partial charge on any atom is 0.257 e. The average molecular weight is 333 g/mol. The second kappa shape index (κ2) is 8.33. The summed E-state index contributed by atoms with van der Waals surface area (Å²) in [5.74, 6) is 1.25. The van der Waals surface area contributed by atoms with Gasteiger partial charge in [-0.25, -0.2) is 0 Å². The van der Waals surface area contributed by atoms with Crippen LogP contribution in [0.15, 0.2) is 36.4 Å². The number of methoxy groups -OCH3 is 1. The van der Waals surface area contributed by atoms with Crippen LogP contribution in [0.5, 0.6) is 11.5 Å². The molecule has 23 heavy (non-hydrogen) atoms. The molecule has 0 aliphatic rings. The second-order valence-electron chi connectivity index (χ2n) is 4.89. The van der Waals surface area contributed by atoms with E-state index in [-0.39, 0.29) is 18.3 Å². The van der Waals surface area contributed by atoms with Gasteiger partial charge in [-0.2, -0.15) is 0 Å². The van der Waals surface area contributed by atoms with Crippen LogP contribution in [0.1, 0.15) is 21.5 Å². The van der Waals surface area contributed by atoms with Gasteiger partial charge in [0.25, 0.3) is 5.91 Å². The molecular weight excluding hydrogens is 314 g/mol. The van der Waals surface area contributed by atoms with Crippen LogP contribution in [-0.4, -0.2) is 32.0 Å². The number of amides is 1. The number of Topliss-reactive ketones (excluding diaryl/α,β-unsaturated/α-hetero) is 1. The Labute approximate surface area is 139 Å². The maximum absolute atomic E-state index is 11.7. The highest BCUT2D eigenvalue weighted by atomic mass is 32.1. The van der Waals surface area contributed by atoms with Crippen LogP contribution in [0.25, 0.3) is 0 Å². The summed E-state index contributed by atoms with van der Waals surface area (Å²) < 4.78 is 10.4. The number of benzene rings is 1. The van der Waals surface area contributed by atoms with Crippen LogP contribution in [0.4, 0.5) is 0 Å². The summed E-state index contributed by atoms with van der Waals surface area (Å²) in [6, 6.07) is 10.8. The maximum atomic E-state index is 11.7. The Morgan fingerprint density at radius 3 is 2.39 bits per heavy atom. The molecule has 6 heteroatoms. The molecule has 0 radical (unpaired) electrons. The summed E-state index contributed by atoms with van der Waals surface area (Å²) in [5.41, 5.74) is 0. The number of thiophene rings is 1. The van der Waals surface area contributed by atoms with E-state index in [1.807, 2.05) is 12.1 Å². The van der Waals surface area contributed by atoms with Crippen LogP contribution in [0.3, 0.4) is 0 Å². The van der Waals surface area contributed by atoms with Gasteiger partial charge < -0.3 is 14.8 Å². The molecule has 0 bridgehead atoms. The van der Waals surface area contributed by atoms with Crippen LogP contribution >= 0.6 is 11.3 Å². The topological polar surface area (TPSA) is 64.6 Å². The number of hydrogen-bond acceptors (Lipinski definition) is 5. The van der Waals surface area contributed by atoms with E-state index < -0.39 is 0 Å². The van der Waals surface area contributed by atoms with Crippen molar-refractivity contribution in [3.05, 3.63) is 46.2 Å². The average Bonchev–Trinajstić information content (AvgIpc) is 3.02. The van der Waals surface area contributed by atoms with E-state index in [0.29, 0.717) is 18.7 Å². The molecule has 0 saturated heterocycles. The number of ketones is 1. The Morgan fingerprint density at radius 1 is 1.09 bits per heavy atom. The molecule has 0 spiro atoms. The summed E-state index contributed by atoms with van der Waals surface area (Å²) in [5, 5.41) is 2.80. The molecule has 1 heterocycles. The zero-order valence-corrected chi connectivity index (χ0v) is 13.9. The van der Waals surface area contributed by atoms with Crippen molar-refractivity contribution >= 4 is 23.0 Å². The third-order valence-corrected chi connectivity index (χ3v) is 4.38. The highest BCUT2D eigenvalue weighted by Crippen LogP contribution is 2.17. The number of carbonyl (C=O) groups is 2. The fraction of sp³-hybridized carbons (Fsp3) is 0.294. The van der Waals surface area contributed by atoms with Gasteiger partial charge in [0.2, 0.25) is 0 Å². The highest BCUT2D eigenvalue weighted by molar-refractivity contribution is 7.14. The predicted molar refractivity (Wildman–Crippen MR) is 89.5 cm³/mol.